The number of hydrogen-bond acceptors (Lipinski definition) is 2. The van der Waals surface area contributed by atoms with Gasteiger partial charge in [-0.2, -0.15) is 0 Å². The molecule has 0 radical (unpaired) electrons. The van der Waals surface area contributed by atoms with E-state index >= 15 is 0 Å². The van der Waals surface area contributed by atoms with Gasteiger partial charge in [-0.05, 0) is 59.4 Å². The Bertz CT molecular complexity index is 378. The first-order valence-corrected chi connectivity index (χ1v) is 6.63. The molecule has 16 heavy (non-hydrogen) atoms. The van der Waals surface area contributed by atoms with E-state index in [0.29, 0.717) is 5.92 Å². The maximum Gasteiger partial charge on any atom is 0.134 e. The van der Waals surface area contributed by atoms with Crippen LogP contribution in [0.3, 0.4) is 0 Å². The lowest BCUT2D eigenvalue weighted by atomic mass is 9.90. The van der Waals surface area contributed by atoms with Gasteiger partial charge in [-0.25, -0.2) is 0 Å². The van der Waals surface area contributed by atoms with Crippen molar-refractivity contribution < 1.29 is 4.74 Å². The zero-order valence-corrected chi connectivity index (χ0v) is 11.6. The van der Waals surface area contributed by atoms with E-state index < -0.39 is 0 Å². The van der Waals surface area contributed by atoms with Crippen LogP contribution in [0.2, 0.25) is 5.02 Å². The summed E-state index contributed by atoms with van der Waals surface area (Å²) in [6.07, 6.45) is 2.30. The molecule has 0 unspecified atom stereocenters. The van der Waals surface area contributed by atoms with Crippen molar-refractivity contribution in [2.24, 2.45) is 0 Å². The molecule has 2 nitrogen and oxygen atoms in total. The molecule has 1 aromatic carbocycles. The monoisotopic (exact) mass is 303 g/mol. The Hall–Kier alpha value is -0.250. The molecule has 4 heteroatoms. The average molecular weight is 305 g/mol. The average Bonchev–Trinajstić information content (AvgIpc) is 2.32. The third-order valence-corrected chi connectivity index (χ3v) is 4.00. The topological polar surface area (TPSA) is 21.3 Å². The summed E-state index contributed by atoms with van der Waals surface area (Å²) in [5.41, 5.74) is 1.23. The maximum absolute atomic E-state index is 6.29. The van der Waals surface area contributed by atoms with Gasteiger partial charge in [0.05, 0.1) is 11.6 Å². The summed E-state index contributed by atoms with van der Waals surface area (Å²) in [6, 6.07) is 3.99. The molecule has 0 aromatic heterocycles. The zero-order valence-electron chi connectivity index (χ0n) is 9.22. The molecule has 88 valence electrons. The first kappa shape index (κ1) is 12.2. The minimum Gasteiger partial charge on any atom is -0.496 e. The molecule has 1 N–H and O–H groups in total. The molecule has 1 aliphatic rings. The van der Waals surface area contributed by atoms with Gasteiger partial charge in [0, 0.05) is 11.1 Å². The van der Waals surface area contributed by atoms with E-state index in [4.69, 9.17) is 16.3 Å². The number of methoxy groups -OCH3 is 1. The van der Waals surface area contributed by atoms with Crippen molar-refractivity contribution in [1.82, 2.24) is 5.32 Å². The van der Waals surface area contributed by atoms with Gasteiger partial charge in [0.15, 0.2) is 0 Å². The van der Waals surface area contributed by atoms with Gasteiger partial charge in [-0.3, -0.25) is 0 Å². The molecule has 1 heterocycles. The number of piperidine rings is 1. The Labute approximate surface area is 109 Å². The zero-order chi connectivity index (χ0) is 11.5. The van der Waals surface area contributed by atoms with Gasteiger partial charge in [-0.15, -0.1) is 0 Å². The second-order valence-electron chi connectivity index (χ2n) is 4.03. The fraction of sp³-hybridized carbons (Fsp3) is 0.500. The Morgan fingerprint density at radius 3 is 2.69 bits per heavy atom. The molecule has 1 aliphatic heterocycles. The van der Waals surface area contributed by atoms with Gasteiger partial charge in [0.2, 0.25) is 0 Å². The van der Waals surface area contributed by atoms with Crippen LogP contribution in [0.4, 0.5) is 0 Å². The summed E-state index contributed by atoms with van der Waals surface area (Å²) >= 11 is 9.80. The second-order valence-corrected chi connectivity index (χ2v) is 5.29. The number of halogens is 2. The largest absolute Gasteiger partial charge is 0.496 e. The van der Waals surface area contributed by atoms with Crippen LogP contribution in [0.1, 0.15) is 24.3 Å². The van der Waals surface area contributed by atoms with Crippen molar-refractivity contribution in [3.63, 3.8) is 0 Å². The third kappa shape index (κ3) is 2.53. The van der Waals surface area contributed by atoms with E-state index in [9.17, 15) is 0 Å². The van der Waals surface area contributed by atoms with Crippen LogP contribution in [0.5, 0.6) is 5.75 Å². The lowest BCUT2D eigenvalue weighted by molar-refractivity contribution is 0.411. The predicted octanol–water partition coefficient (Wildman–Crippen LogP) is 3.58. The maximum atomic E-state index is 6.29. The van der Waals surface area contributed by atoms with Gasteiger partial charge >= 0.3 is 0 Å². The van der Waals surface area contributed by atoms with E-state index in [1.54, 1.807) is 7.11 Å². The van der Waals surface area contributed by atoms with Crippen LogP contribution < -0.4 is 10.1 Å². The molecule has 1 saturated heterocycles. The Morgan fingerprint density at radius 1 is 1.38 bits per heavy atom. The van der Waals surface area contributed by atoms with E-state index in [-0.39, 0.29) is 0 Å². The number of hydrogen-bond donors (Lipinski definition) is 1. The summed E-state index contributed by atoms with van der Waals surface area (Å²) in [4.78, 5) is 0. The highest BCUT2D eigenvalue weighted by Crippen LogP contribution is 2.37. The molecule has 0 saturated carbocycles. The fourth-order valence-corrected chi connectivity index (χ4v) is 2.98. The lowest BCUT2D eigenvalue weighted by Crippen LogP contribution is -2.26. The first-order chi connectivity index (χ1) is 7.72. The van der Waals surface area contributed by atoms with Gasteiger partial charge in [0.25, 0.3) is 0 Å². The Kier molecular flexibility index (Phi) is 4.11. The molecule has 2 rings (SSSR count). The number of rotatable bonds is 2. The normalized spacial score (nSPS) is 17.4. The molecular weight excluding hydrogens is 289 g/mol. The van der Waals surface area contributed by atoms with Crippen LogP contribution in [0, 0.1) is 0 Å². The summed E-state index contributed by atoms with van der Waals surface area (Å²) < 4.78 is 6.20. The van der Waals surface area contributed by atoms with Crippen molar-refractivity contribution in [1.29, 1.82) is 0 Å². The SMILES string of the molecule is COc1cc(Cl)c(C2CCNCC2)cc1Br. The molecule has 0 bridgehead atoms. The molecule has 1 aromatic rings. The smallest absolute Gasteiger partial charge is 0.134 e. The van der Waals surface area contributed by atoms with Crippen molar-refractivity contribution in [3.8, 4) is 5.75 Å². The molecule has 1 fully saturated rings. The van der Waals surface area contributed by atoms with E-state index in [2.05, 4.69) is 27.3 Å². The van der Waals surface area contributed by atoms with Gasteiger partial charge in [-0.1, -0.05) is 11.6 Å². The standard InChI is InChI=1S/C12H15BrClNO/c1-16-12-7-11(14)9(6-10(12)13)8-2-4-15-5-3-8/h6-8,15H,2-5H2,1H3. The molecule has 0 aliphatic carbocycles. The summed E-state index contributed by atoms with van der Waals surface area (Å²) in [5, 5.41) is 4.17. The van der Waals surface area contributed by atoms with Crippen LogP contribution in [0.15, 0.2) is 16.6 Å². The third-order valence-electron chi connectivity index (χ3n) is 3.05. The van der Waals surface area contributed by atoms with Crippen LogP contribution in [-0.2, 0) is 0 Å². The fourth-order valence-electron chi connectivity index (χ4n) is 2.15. The first-order valence-electron chi connectivity index (χ1n) is 5.46. The van der Waals surface area contributed by atoms with E-state index in [1.807, 2.05) is 6.07 Å². The second kappa shape index (κ2) is 5.39. The van der Waals surface area contributed by atoms with Gasteiger partial charge < -0.3 is 10.1 Å². The number of nitrogens with one attached hydrogen (secondary N) is 1. The summed E-state index contributed by atoms with van der Waals surface area (Å²) in [7, 11) is 1.65. The molecular formula is C12H15BrClNO. The molecule has 0 amide bonds. The van der Waals surface area contributed by atoms with E-state index in [1.165, 1.54) is 5.56 Å². The predicted molar refractivity (Wildman–Crippen MR) is 70.5 cm³/mol. The van der Waals surface area contributed by atoms with Crippen LogP contribution in [-0.4, -0.2) is 20.2 Å². The minimum absolute atomic E-state index is 0.566. The van der Waals surface area contributed by atoms with Crippen molar-refractivity contribution in [3.05, 3.63) is 27.2 Å². The minimum atomic E-state index is 0.566. The summed E-state index contributed by atoms with van der Waals surface area (Å²) in [6.45, 7) is 2.15. The van der Waals surface area contributed by atoms with Crippen LogP contribution in [0.25, 0.3) is 0 Å². The highest BCUT2D eigenvalue weighted by atomic mass is 79.9. The van der Waals surface area contributed by atoms with Gasteiger partial charge in [0.1, 0.15) is 5.75 Å². The quantitative estimate of drug-likeness (QED) is 0.902. The Balaban J connectivity index is 2.29. The molecule has 0 atom stereocenters. The van der Waals surface area contributed by atoms with E-state index in [0.717, 1.165) is 41.2 Å². The Morgan fingerprint density at radius 2 is 2.06 bits per heavy atom. The highest BCUT2D eigenvalue weighted by molar-refractivity contribution is 9.10. The number of ether oxygens (including phenoxy) is 1. The molecule has 0 spiro atoms. The number of benzene rings is 1. The lowest BCUT2D eigenvalue weighted by Gasteiger charge is -2.24. The van der Waals surface area contributed by atoms with Crippen molar-refractivity contribution >= 4 is 27.5 Å². The summed E-state index contributed by atoms with van der Waals surface area (Å²) in [5.74, 6) is 1.36. The highest BCUT2D eigenvalue weighted by Gasteiger charge is 2.19. The van der Waals surface area contributed by atoms with Crippen molar-refractivity contribution in [2.45, 2.75) is 18.8 Å². The van der Waals surface area contributed by atoms with Crippen LogP contribution >= 0.6 is 27.5 Å². The van der Waals surface area contributed by atoms with Crippen molar-refractivity contribution in [2.75, 3.05) is 20.2 Å².